The standard InChI is InChI=1S/C22H33N3O2.ClH/c1-2-3-4-27-22-9-15-5-16(10-22)8-21(7-15,14-22)24-12-20(26)25-13-17-6-18(17)19(25)11-23;/h15-19,24H,2-10,12-14H2,1H3;1H/t15?,16?,17-,18-,19-,21?,22?;/m1./s1. The van der Waals surface area contributed by atoms with Crippen LogP contribution in [0.25, 0.3) is 0 Å². The Morgan fingerprint density at radius 1 is 1.25 bits per heavy atom. The van der Waals surface area contributed by atoms with Crippen LogP contribution in [0, 0.1) is 35.0 Å². The van der Waals surface area contributed by atoms with E-state index in [2.05, 4.69) is 18.3 Å². The molecule has 6 heteroatoms. The van der Waals surface area contributed by atoms with E-state index in [9.17, 15) is 10.1 Å². The van der Waals surface area contributed by atoms with Crippen molar-refractivity contribution < 1.29 is 9.53 Å². The Labute approximate surface area is 175 Å². The van der Waals surface area contributed by atoms with E-state index in [1.165, 1.54) is 38.5 Å². The first-order valence-electron chi connectivity index (χ1n) is 11.1. The predicted octanol–water partition coefficient (Wildman–Crippen LogP) is 3.28. The van der Waals surface area contributed by atoms with Gasteiger partial charge >= 0.3 is 0 Å². The molecule has 1 N–H and O–H groups in total. The molecule has 0 aromatic heterocycles. The van der Waals surface area contributed by atoms with Crippen molar-refractivity contribution >= 4 is 18.3 Å². The summed E-state index contributed by atoms with van der Waals surface area (Å²) in [6.45, 7) is 4.29. The van der Waals surface area contributed by atoms with E-state index < -0.39 is 0 Å². The molecule has 1 saturated heterocycles. The first-order valence-corrected chi connectivity index (χ1v) is 11.1. The first kappa shape index (κ1) is 20.4. The second-order valence-corrected chi connectivity index (χ2v) is 10.3. The summed E-state index contributed by atoms with van der Waals surface area (Å²) < 4.78 is 6.49. The van der Waals surface area contributed by atoms with Gasteiger partial charge in [0.05, 0.1) is 18.2 Å². The maximum atomic E-state index is 12.8. The van der Waals surface area contributed by atoms with Crippen LogP contribution in [0.1, 0.15) is 64.7 Å². The molecular formula is C22H34ClN3O2. The van der Waals surface area contributed by atoms with Gasteiger partial charge in [-0.1, -0.05) is 13.3 Å². The molecule has 0 radical (unpaired) electrons. The zero-order valence-corrected chi connectivity index (χ0v) is 17.8. The maximum absolute atomic E-state index is 12.8. The van der Waals surface area contributed by atoms with Gasteiger partial charge in [-0.3, -0.25) is 4.79 Å². The molecule has 4 bridgehead atoms. The molecular weight excluding hydrogens is 374 g/mol. The molecule has 5 atom stereocenters. The summed E-state index contributed by atoms with van der Waals surface area (Å²) in [6.07, 6.45) is 10.7. The van der Waals surface area contributed by atoms with Gasteiger partial charge in [0.2, 0.25) is 5.91 Å². The van der Waals surface area contributed by atoms with Crippen LogP contribution in [-0.4, -0.2) is 47.7 Å². The van der Waals surface area contributed by atoms with Crippen LogP contribution in [-0.2, 0) is 9.53 Å². The molecule has 2 unspecified atom stereocenters. The minimum atomic E-state index is -0.176. The topological polar surface area (TPSA) is 65.4 Å². The summed E-state index contributed by atoms with van der Waals surface area (Å²) in [7, 11) is 0. The van der Waals surface area contributed by atoms with Crippen LogP contribution < -0.4 is 5.32 Å². The maximum Gasteiger partial charge on any atom is 0.237 e. The summed E-state index contributed by atoms with van der Waals surface area (Å²) in [5, 5.41) is 13.1. The van der Waals surface area contributed by atoms with Crippen molar-refractivity contribution in [2.24, 2.45) is 23.7 Å². The Balaban J connectivity index is 0.00000192. The number of rotatable bonds is 7. The molecule has 5 saturated carbocycles. The van der Waals surface area contributed by atoms with Crippen molar-refractivity contribution in [1.82, 2.24) is 10.2 Å². The number of fused-ring (bicyclic) bond motifs is 1. The van der Waals surface area contributed by atoms with Crippen molar-refractivity contribution in [3.8, 4) is 6.07 Å². The van der Waals surface area contributed by atoms with E-state index in [-0.39, 0.29) is 35.5 Å². The SMILES string of the molecule is CCCCOC12CC3CC(CC(NCC(=O)N4C[C@H]5C[C@H]5[C@H]4C#N)(C3)C1)C2.Cl. The Kier molecular flexibility index (Phi) is 5.44. The quantitative estimate of drug-likeness (QED) is 0.658. The molecule has 1 heterocycles. The number of hydrogen-bond donors (Lipinski definition) is 1. The fourth-order valence-electron chi connectivity index (χ4n) is 7.24. The summed E-state index contributed by atoms with van der Waals surface area (Å²) in [6, 6.07) is 2.20. The number of carbonyl (C=O) groups is 1. The van der Waals surface area contributed by atoms with Crippen molar-refractivity contribution in [2.75, 3.05) is 19.7 Å². The Morgan fingerprint density at radius 2 is 2.00 bits per heavy atom. The molecule has 5 nitrogen and oxygen atoms in total. The second kappa shape index (κ2) is 7.45. The van der Waals surface area contributed by atoms with Crippen molar-refractivity contribution in [3.05, 3.63) is 0 Å². The van der Waals surface area contributed by atoms with Gasteiger partial charge in [-0.05, 0) is 75.0 Å². The Bertz CT molecular complexity index is 649. The molecule has 1 amide bonds. The number of piperidine rings is 1. The third-order valence-electron chi connectivity index (χ3n) is 8.13. The lowest BCUT2D eigenvalue weighted by atomic mass is 9.51. The number of halogens is 1. The number of hydrogen-bond acceptors (Lipinski definition) is 4. The van der Waals surface area contributed by atoms with Crippen LogP contribution in [0.5, 0.6) is 0 Å². The number of nitriles is 1. The van der Waals surface area contributed by atoms with E-state index in [0.29, 0.717) is 18.4 Å². The number of unbranched alkanes of at least 4 members (excludes halogenated alkanes) is 1. The fraction of sp³-hybridized carbons (Fsp3) is 0.909. The lowest BCUT2D eigenvalue weighted by Gasteiger charge is -2.62. The van der Waals surface area contributed by atoms with Gasteiger partial charge in [0, 0.05) is 18.7 Å². The molecule has 28 heavy (non-hydrogen) atoms. The lowest BCUT2D eigenvalue weighted by Crippen LogP contribution is -2.66. The molecule has 6 aliphatic rings. The molecule has 6 rings (SSSR count). The van der Waals surface area contributed by atoms with Gasteiger partial charge in [0.1, 0.15) is 6.04 Å². The first-order chi connectivity index (χ1) is 13.1. The summed E-state index contributed by atoms with van der Waals surface area (Å²) in [4.78, 5) is 14.7. The number of nitrogens with zero attached hydrogens (tertiary/aromatic N) is 2. The van der Waals surface area contributed by atoms with Crippen molar-refractivity contribution in [2.45, 2.75) is 81.9 Å². The van der Waals surface area contributed by atoms with Gasteiger partial charge in [0.15, 0.2) is 0 Å². The van der Waals surface area contributed by atoms with Crippen LogP contribution in [0.3, 0.4) is 0 Å². The summed E-state index contributed by atoms with van der Waals surface area (Å²) >= 11 is 0. The third kappa shape index (κ3) is 3.46. The van der Waals surface area contributed by atoms with Crippen molar-refractivity contribution in [1.29, 1.82) is 5.26 Å². The fourth-order valence-corrected chi connectivity index (χ4v) is 7.24. The van der Waals surface area contributed by atoms with Gasteiger partial charge in [-0.15, -0.1) is 12.4 Å². The highest BCUT2D eigenvalue weighted by molar-refractivity contribution is 5.85. The molecule has 0 aromatic carbocycles. The number of nitrogens with one attached hydrogen (secondary N) is 1. The molecule has 1 aliphatic heterocycles. The minimum absolute atomic E-state index is 0. The molecule has 6 fully saturated rings. The van der Waals surface area contributed by atoms with Crippen molar-refractivity contribution in [3.63, 3.8) is 0 Å². The van der Waals surface area contributed by atoms with E-state index in [1.807, 2.05) is 4.90 Å². The van der Waals surface area contributed by atoms with Crippen LogP contribution in [0.15, 0.2) is 0 Å². The van der Waals surface area contributed by atoms with E-state index in [0.717, 1.165) is 44.2 Å². The zero-order valence-electron chi connectivity index (χ0n) is 17.0. The summed E-state index contributed by atoms with van der Waals surface area (Å²) in [5.74, 6) is 2.68. The van der Waals surface area contributed by atoms with E-state index in [1.54, 1.807) is 0 Å². The third-order valence-corrected chi connectivity index (χ3v) is 8.13. The largest absolute Gasteiger partial charge is 0.375 e. The zero-order chi connectivity index (χ0) is 18.6. The predicted molar refractivity (Wildman–Crippen MR) is 109 cm³/mol. The van der Waals surface area contributed by atoms with Crippen LogP contribution in [0.2, 0.25) is 0 Å². The molecule has 0 spiro atoms. The average Bonchev–Trinajstić information content (AvgIpc) is 3.29. The number of ether oxygens (including phenoxy) is 1. The number of amides is 1. The van der Waals surface area contributed by atoms with Gasteiger partial charge < -0.3 is 15.0 Å². The minimum Gasteiger partial charge on any atom is -0.375 e. The van der Waals surface area contributed by atoms with Gasteiger partial charge in [-0.2, -0.15) is 5.26 Å². The van der Waals surface area contributed by atoms with Gasteiger partial charge in [0.25, 0.3) is 0 Å². The van der Waals surface area contributed by atoms with Crippen LogP contribution >= 0.6 is 12.4 Å². The summed E-state index contributed by atoms with van der Waals surface area (Å²) in [5.41, 5.74) is 0.135. The van der Waals surface area contributed by atoms with E-state index in [4.69, 9.17) is 4.74 Å². The normalized spacial score (nSPS) is 44.7. The average molecular weight is 408 g/mol. The van der Waals surface area contributed by atoms with Gasteiger partial charge in [-0.25, -0.2) is 0 Å². The number of carbonyl (C=O) groups excluding carboxylic acids is 1. The highest BCUT2D eigenvalue weighted by Gasteiger charge is 2.59. The Morgan fingerprint density at radius 3 is 2.68 bits per heavy atom. The molecule has 156 valence electrons. The molecule has 0 aromatic rings. The molecule has 5 aliphatic carbocycles. The highest BCUT2D eigenvalue weighted by Crippen LogP contribution is 2.59. The lowest BCUT2D eigenvalue weighted by molar-refractivity contribution is -0.176. The Hall–Kier alpha value is -0.830. The van der Waals surface area contributed by atoms with E-state index >= 15 is 0 Å². The van der Waals surface area contributed by atoms with Crippen LogP contribution in [0.4, 0.5) is 0 Å². The monoisotopic (exact) mass is 407 g/mol. The second-order valence-electron chi connectivity index (χ2n) is 10.3. The smallest absolute Gasteiger partial charge is 0.237 e. The number of likely N-dealkylation sites (tertiary alicyclic amines) is 1. The highest BCUT2D eigenvalue weighted by atomic mass is 35.5.